The highest BCUT2D eigenvalue weighted by atomic mass is 15.0. The van der Waals surface area contributed by atoms with E-state index in [1.54, 1.807) is 0 Å². The molecule has 52 heavy (non-hydrogen) atoms. The van der Waals surface area contributed by atoms with Crippen molar-refractivity contribution in [2.45, 2.75) is 24.7 Å². The maximum atomic E-state index is 4.56. The molecule has 248 valence electrons. The van der Waals surface area contributed by atoms with Gasteiger partial charge in [-0.25, -0.2) is 59.8 Å². The zero-order valence-corrected chi connectivity index (χ0v) is 28.1. The Labute approximate surface area is 298 Å². The molecule has 0 unspecified atom stereocenters. The summed E-state index contributed by atoms with van der Waals surface area (Å²) < 4.78 is 0. The third kappa shape index (κ3) is 4.99. The minimum atomic E-state index is -0.918. The van der Waals surface area contributed by atoms with Crippen molar-refractivity contribution in [3.8, 4) is 45.6 Å². The lowest BCUT2D eigenvalue weighted by atomic mass is 9.54. The van der Waals surface area contributed by atoms with Gasteiger partial charge in [0.1, 0.15) is 50.6 Å². The van der Waals surface area contributed by atoms with Crippen molar-refractivity contribution in [1.29, 1.82) is 0 Å². The first-order valence-electron chi connectivity index (χ1n) is 16.5. The standard InChI is InChI=1S/C40H28N12/c1-39(2)31-7-3-5-9-33(31)40(34-10-6-4-8-32(34)39,29-13-25(35-45-17-41-18-46-35)11-26(14-29)36-47-19-42-20-48-36)30-15-27(37-49-21-43-22-50-37)12-28(16-30)38-51-23-44-24-52-38/h3-24H,1-2H3. The van der Waals surface area contributed by atoms with Crippen LogP contribution in [0.3, 0.4) is 0 Å². The molecule has 4 aromatic carbocycles. The number of nitrogens with zero attached hydrogens (tertiary/aromatic N) is 12. The molecule has 4 aromatic heterocycles. The van der Waals surface area contributed by atoms with Gasteiger partial charge in [0.25, 0.3) is 0 Å². The summed E-state index contributed by atoms with van der Waals surface area (Å²) in [6.45, 7) is 4.56. The Bertz CT molecular complexity index is 2260. The van der Waals surface area contributed by atoms with Crippen molar-refractivity contribution in [3.05, 3.63) is 169 Å². The Balaban J connectivity index is 1.47. The Morgan fingerprint density at radius 3 is 0.904 bits per heavy atom. The number of fused-ring (bicyclic) bond motifs is 2. The van der Waals surface area contributed by atoms with Crippen LogP contribution in [-0.2, 0) is 10.8 Å². The molecule has 8 aromatic rings. The van der Waals surface area contributed by atoms with Crippen molar-refractivity contribution in [3.63, 3.8) is 0 Å². The van der Waals surface area contributed by atoms with Crippen LogP contribution < -0.4 is 0 Å². The van der Waals surface area contributed by atoms with Crippen molar-refractivity contribution in [2.24, 2.45) is 0 Å². The summed E-state index contributed by atoms with van der Waals surface area (Å²) >= 11 is 0. The van der Waals surface area contributed by atoms with E-state index in [0.29, 0.717) is 23.3 Å². The van der Waals surface area contributed by atoms with Gasteiger partial charge in [0.15, 0.2) is 23.3 Å². The van der Waals surface area contributed by atoms with Crippen molar-refractivity contribution < 1.29 is 0 Å². The van der Waals surface area contributed by atoms with Crippen LogP contribution in [0.4, 0.5) is 0 Å². The topological polar surface area (TPSA) is 155 Å². The summed E-state index contributed by atoms with van der Waals surface area (Å²) in [5.41, 5.74) is 8.37. The molecule has 12 nitrogen and oxygen atoms in total. The lowest BCUT2D eigenvalue weighted by Crippen LogP contribution is -2.42. The summed E-state index contributed by atoms with van der Waals surface area (Å²) in [6, 6.07) is 30.0. The number of aromatic nitrogens is 12. The number of benzene rings is 4. The molecule has 0 atom stereocenters. The Kier molecular flexibility index (Phi) is 7.35. The molecule has 0 N–H and O–H groups in total. The van der Waals surface area contributed by atoms with Gasteiger partial charge < -0.3 is 0 Å². The van der Waals surface area contributed by atoms with E-state index in [4.69, 9.17) is 0 Å². The first-order valence-corrected chi connectivity index (χ1v) is 16.5. The van der Waals surface area contributed by atoms with Crippen LogP contribution >= 0.6 is 0 Å². The van der Waals surface area contributed by atoms with Crippen LogP contribution in [0.2, 0.25) is 0 Å². The zero-order chi connectivity index (χ0) is 35.1. The summed E-state index contributed by atoms with van der Waals surface area (Å²) in [5, 5.41) is 0. The van der Waals surface area contributed by atoms with Gasteiger partial charge in [-0.05, 0) is 69.8 Å². The van der Waals surface area contributed by atoms with Gasteiger partial charge in [0.05, 0.1) is 5.41 Å². The van der Waals surface area contributed by atoms with Crippen LogP contribution in [0, 0.1) is 0 Å². The lowest BCUT2D eigenvalue weighted by molar-refractivity contribution is 0.558. The first kappa shape index (κ1) is 30.9. The predicted molar refractivity (Wildman–Crippen MR) is 192 cm³/mol. The molecule has 1 aliphatic rings. The third-order valence-electron chi connectivity index (χ3n) is 9.75. The second-order valence-corrected chi connectivity index (χ2v) is 12.9. The monoisotopic (exact) mass is 676 g/mol. The summed E-state index contributed by atoms with van der Waals surface area (Å²) in [7, 11) is 0. The van der Waals surface area contributed by atoms with Gasteiger partial charge in [-0.15, -0.1) is 0 Å². The summed E-state index contributed by atoms with van der Waals surface area (Å²) in [5.74, 6) is 2.07. The minimum Gasteiger partial charge on any atom is -0.225 e. The quantitative estimate of drug-likeness (QED) is 0.199. The van der Waals surface area contributed by atoms with E-state index in [1.807, 2.05) is 12.1 Å². The molecule has 0 saturated carbocycles. The average molecular weight is 677 g/mol. The minimum absolute atomic E-state index is 0.331. The lowest BCUT2D eigenvalue weighted by Gasteiger charge is -2.48. The predicted octanol–water partition coefficient (Wildman–Crippen LogP) is 6.12. The van der Waals surface area contributed by atoms with Gasteiger partial charge in [-0.2, -0.15) is 0 Å². The smallest absolute Gasteiger partial charge is 0.162 e. The van der Waals surface area contributed by atoms with Crippen molar-refractivity contribution in [2.75, 3.05) is 0 Å². The second-order valence-electron chi connectivity index (χ2n) is 12.9. The highest BCUT2D eigenvalue weighted by Crippen LogP contribution is 2.57. The molecular weight excluding hydrogens is 649 g/mol. The van der Waals surface area contributed by atoms with Gasteiger partial charge in [-0.1, -0.05) is 62.4 Å². The number of hydrogen-bond donors (Lipinski definition) is 0. The van der Waals surface area contributed by atoms with Gasteiger partial charge in [0, 0.05) is 27.7 Å². The van der Waals surface area contributed by atoms with E-state index in [-0.39, 0.29) is 5.41 Å². The molecule has 1 aliphatic carbocycles. The van der Waals surface area contributed by atoms with E-state index in [0.717, 1.165) is 44.5 Å². The fraction of sp³-hybridized carbons (Fsp3) is 0.100. The highest BCUT2D eigenvalue weighted by Gasteiger charge is 2.49. The van der Waals surface area contributed by atoms with Crippen LogP contribution in [0.15, 0.2) is 136 Å². The molecule has 12 heteroatoms. The van der Waals surface area contributed by atoms with Crippen LogP contribution in [0.5, 0.6) is 0 Å². The van der Waals surface area contributed by atoms with E-state index >= 15 is 0 Å². The van der Waals surface area contributed by atoms with Crippen molar-refractivity contribution in [1.82, 2.24) is 59.8 Å². The Morgan fingerprint density at radius 1 is 0.346 bits per heavy atom. The second kappa shape index (κ2) is 12.4. The fourth-order valence-electron chi connectivity index (χ4n) is 7.55. The molecule has 0 spiro atoms. The fourth-order valence-corrected chi connectivity index (χ4v) is 7.55. The summed E-state index contributed by atoms with van der Waals surface area (Å²) in [4.78, 5) is 52.9. The van der Waals surface area contributed by atoms with Crippen LogP contribution in [0.1, 0.15) is 47.2 Å². The third-order valence-corrected chi connectivity index (χ3v) is 9.75. The zero-order valence-electron chi connectivity index (χ0n) is 28.1. The van der Waals surface area contributed by atoms with Crippen LogP contribution in [-0.4, -0.2) is 59.8 Å². The van der Waals surface area contributed by atoms with Gasteiger partial charge in [0.2, 0.25) is 0 Å². The van der Waals surface area contributed by atoms with Crippen molar-refractivity contribution >= 4 is 0 Å². The largest absolute Gasteiger partial charge is 0.225 e. The number of hydrogen-bond acceptors (Lipinski definition) is 12. The summed E-state index contributed by atoms with van der Waals surface area (Å²) in [6.07, 6.45) is 12.0. The highest BCUT2D eigenvalue weighted by molar-refractivity contribution is 5.78. The SMILES string of the molecule is CC1(C)c2ccccc2C(c2cc(-c3ncncn3)cc(-c3ncncn3)c2)(c2cc(-c3ncncn3)cc(-c3ncncn3)c2)c2ccccc21. The molecule has 0 aliphatic heterocycles. The van der Waals surface area contributed by atoms with E-state index in [2.05, 4.69) is 146 Å². The molecular formula is C40H28N12. The van der Waals surface area contributed by atoms with Gasteiger partial charge >= 0.3 is 0 Å². The van der Waals surface area contributed by atoms with E-state index in [1.165, 1.54) is 61.7 Å². The van der Waals surface area contributed by atoms with Gasteiger partial charge in [-0.3, -0.25) is 0 Å². The molecule has 4 heterocycles. The first-order chi connectivity index (χ1) is 25.5. The average Bonchev–Trinajstić information content (AvgIpc) is 3.22. The Morgan fingerprint density at radius 2 is 0.615 bits per heavy atom. The molecule has 9 rings (SSSR count). The van der Waals surface area contributed by atoms with E-state index < -0.39 is 5.41 Å². The molecule has 0 saturated heterocycles. The maximum Gasteiger partial charge on any atom is 0.162 e. The normalized spacial score (nSPS) is 13.9. The molecule has 0 fully saturated rings. The van der Waals surface area contributed by atoms with E-state index in [9.17, 15) is 0 Å². The maximum absolute atomic E-state index is 4.56. The molecule has 0 bridgehead atoms. The molecule has 0 amide bonds. The Hall–Kier alpha value is -7.08. The number of rotatable bonds is 6. The molecule has 0 radical (unpaired) electrons. The van der Waals surface area contributed by atoms with Crippen LogP contribution in [0.25, 0.3) is 45.6 Å².